The van der Waals surface area contributed by atoms with Gasteiger partial charge in [0, 0.05) is 6.42 Å². The first-order valence-electron chi connectivity index (χ1n) is 12.2. The molecule has 4 fully saturated rings. The Kier molecular flexibility index (Phi) is 7.38. The lowest BCUT2D eigenvalue weighted by Gasteiger charge is -2.59. The Morgan fingerprint density at radius 2 is 1.73 bits per heavy atom. The minimum Gasteiger partial charge on any atom is -0.455 e. The fourth-order valence-corrected chi connectivity index (χ4v) is 7.34. The van der Waals surface area contributed by atoms with Crippen molar-refractivity contribution in [3.8, 4) is 0 Å². The maximum atomic E-state index is 14.1. The van der Waals surface area contributed by atoms with Gasteiger partial charge in [0.05, 0.1) is 34.5 Å². The van der Waals surface area contributed by atoms with Crippen LogP contribution in [0.3, 0.4) is 0 Å². The average Bonchev–Trinajstić information content (AvgIpc) is 2.80. The van der Waals surface area contributed by atoms with Crippen molar-refractivity contribution in [1.82, 2.24) is 0 Å². The Labute approximate surface area is 219 Å². The molecular formula is C24H27B3F2O7S. The molecule has 4 aliphatic carbocycles. The van der Waals surface area contributed by atoms with Crippen molar-refractivity contribution in [3.05, 3.63) is 34.4 Å². The zero-order valence-electron chi connectivity index (χ0n) is 20.5. The van der Waals surface area contributed by atoms with Gasteiger partial charge in [0.25, 0.3) is 0 Å². The third-order valence-electron chi connectivity index (χ3n) is 8.13. The summed E-state index contributed by atoms with van der Waals surface area (Å²) in [6.45, 7) is 0.718. The predicted octanol–water partition coefficient (Wildman–Crippen LogP) is 2.60. The molecule has 4 bridgehead atoms. The van der Waals surface area contributed by atoms with Crippen molar-refractivity contribution in [2.75, 3.05) is 0 Å². The topological polar surface area (TPSA) is 107 Å². The molecule has 194 valence electrons. The number of hydrogen-bond acceptors (Lipinski definition) is 6. The van der Waals surface area contributed by atoms with Crippen LogP contribution >= 0.6 is 0 Å². The molecule has 0 heterocycles. The van der Waals surface area contributed by atoms with E-state index >= 15 is 0 Å². The fourth-order valence-electron chi connectivity index (χ4n) is 6.87. The van der Waals surface area contributed by atoms with E-state index in [1.54, 1.807) is 12.1 Å². The Bertz CT molecular complexity index is 1190. The molecule has 3 unspecified atom stereocenters. The van der Waals surface area contributed by atoms with Crippen LogP contribution < -0.4 is 0 Å². The van der Waals surface area contributed by atoms with Gasteiger partial charge < -0.3 is 9.47 Å². The van der Waals surface area contributed by atoms with E-state index in [2.05, 4.69) is 0 Å². The van der Waals surface area contributed by atoms with Gasteiger partial charge in [0.1, 0.15) is 5.60 Å². The van der Waals surface area contributed by atoms with Crippen LogP contribution in [0.5, 0.6) is 0 Å². The lowest BCUT2D eigenvalue weighted by atomic mass is 9.48. The standard InChI is InChI=1S/C24H27B3F2O7S/c1-13(24(28,29)37(32,33)34)35-21(31)22-5-15-2-16(6-22)8-23(7-15,12-22)36-20(30)18-4-14(9-25)3-17(10-26)19(18)11-27/h3-4,13,15-16H,2,5-12H2,1H3,(H,32,33,34). The van der Waals surface area contributed by atoms with E-state index in [1.165, 1.54) is 0 Å². The molecule has 1 aromatic rings. The van der Waals surface area contributed by atoms with Gasteiger partial charge in [-0.1, -0.05) is 36.2 Å². The number of halogens is 2. The van der Waals surface area contributed by atoms with Crippen LogP contribution in [0.1, 0.15) is 72.5 Å². The Hall–Kier alpha value is -1.88. The van der Waals surface area contributed by atoms with E-state index in [1.807, 2.05) is 0 Å². The van der Waals surface area contributed by atoms with E-state index in [4.69, 9.17) is 37.6 Å². The second-order valence-electron chi connectivity index (χ2n) is 10.8. The van der Waals surface area contributed by atoms with Crippen molar-refractivity contribution in [3.63, 3.8) is 0 Å². The van der Waals surface area contributed by atoms with Gasteiger partial charge in [-0.3, -0.25) is 9.35 Å². The maximum Gasteiger partial charge on any atom is 0.405 e. The number of hydrogen-bond donors (Lipinski definition) is 1. The number of alkyl halides is 2. The monoisotopic (exact) mass is 530 g/mol. The lowest BCUT2D eigenvalue weighted by molar-refractivity contribution is -0.206. The summed E-state index contributed by atoms with van der Waals surface area (Å²) in [6, 6.07) is 3.41. The molecule has 7 nitrogen and oxygen atoms in total. The van der Waals surface area contributed by atoms with Crippen molar-refractivity contribution >= 4 is 45.6 Å². The summed E-state index contributed by atoms with van der Waals surface area (Å²) in [5.41, 5.74) is -0.0562. The zero-order chi connectivity index (χ0) is 27.4. The first-order valence-corrected chi connectivity index (χ1v) is 13.7. The molecule has 1 aromatic carbocycles. The van der Waals surface area contributed by atoms with Gasteiger partial charge >= 0.3 is 27.3 Å². The van der Waals surface area contributed by atoms with E-state index in [0.29, 0.717) is 42.4 Å². The molecule has 0 amide bonds. The Morgan fingerprint density at radius 1 is 1.11 bits per heavy atom. The largest absolute Gasteiger partial charge is 0.455 e. The normalized spacial score (nSPS) is 29.6. The van der Waals surface area contributed by atoms with E-state index in [9.17, 15) is 26.8 Å². The fraction of sp³-hybridized carbons (Fsp3) is 0.667. The molecule has 0 spiro atoms. The highest BCUT2D eigenvalue weighted by Gasteiger charge is 2.64. The van der Waals surface area contributed by atoms with Gasteiger partial charge in [0.15, 0.2) is 6.10 Å². The van der Waals surface area contributed by atoms with Crippen LogP contribution in [0.15, 0.2) is 12.1 Å². The molecule has 0 saturated heterocycles. The van der Waals surface area contributed by atoms with E-state index in [0.717, 1.165) is 13.3 Å². The van der Waals surface area contributed by atoms with Gasteiger partial charge in [-0.2, -0.15) is 17.2 Å². The first kappa shape index (κ1) is 28.1. The van der Waals surface area contributed by atoms with Crippen molar-refractivity contribution in [2.24, 2.45) is 17.3 Å². The number of carbonyl (C=O) groups excluding carboxylic acids is 2. The lowest BCUT2D eigenvalue weighted by Crippen LogP contribution is -2.60. The zero-order valence-corrected chi connectivity index (χ0v) is 21.4. The summed E-state index contributed by atoms with van der Waals surface area (Å²) in [5.74, 6) is -1.59. The average molecular weight is 530 g/mol. The molecule has 0 aliphatic heterocycles. The molecule has 5 rings (SSSR count). The molecular weight excluding hydrogens is 503 g/mol. The third-order valence-corrected chi connectivity index (χ3v) is 9.15. The highest BCUT2D eigenvalue weighted by molar-refractivity contribution is 7.86. The van der Waals surface area contributed by atoms with E-state index < -0.39 is 44.4 Å². The molecule has 13 heteroatoms. The van der Waals surface area contributed by atoms with Gasteiger partial charge in [-0.15, -0.1) is 0 Å². The van der Waals surface area contributed by atoms with Gasteiger partial charge in [0.2, 0.25) is 0 Å². The van der Waals surface area contributed by atoms with E-state index in [-0.39, 0.29) is 42.8 Å². The molecule has 3 atom stereocenters. The smallest absolute Gasteiger partial charge is 0.405 e. The molecule has 37 heavy (non-hydrogen) atoms. The highest BCUT2D eigenvalue weighted by atomic mass is 32.2. The summed E-state index contributed by atoms with van der Waals surface area (Å²) >= 11 is 0. The van der Waals surface area contributed by atoms with Crippen LogP contribution in [0.4, 0.5) is 8.78 Å². The summed E-state index contributed by atoms with van der Waals surface area (Å²) in [5, 5.41) is -4.66. The second kappa shape index (κ2) is 9.70. The number of benzene rings is 1. The molecule has 4 aliphatic rings. The third kappa shape index (κ3) is 4.98. The van der Waals surface area contributed by atoms with Gasteiger partial charge in [-0.05, 0) is 62.5 Å². The number of esters is 2. The summed E-state index contributed by atoms with van der Waals surface area (Å²) in [7, 11) is 11.8. The number of carbonyl (C=O) groups is 2. The predicted molar refractivity (Wildman–Crippen MR) is 132 cm³/mol. The first-order chi connectivity index (χ1) is 17.2. The minimum atomic E-state index is -5.79. The highest BCUT2D eigenvalue weighted by Crippen LogP contribution is 2.63. The van der Waals surface area contributed by atoms with Crippen LogP contribution in [-0.2, 0) is 43.3 Å². The SMILES string of the molecule is [B]Cc1cc(C[B])c(C[B])c(C(=O)OC23CC4CC(C2)CC(C(=O)OC(C)C(F)(F)S(=O)(=O)O)(C4)C3)c1. The van der Waals surface area contributed by atoms with Crippen molar-refractivity contribution < 1.29 is 40.8 Å². The van der Waals surface area contributed by atoms with Crippen molar-refractivity contribution in [2.45, 2.75) is 81.4 Å². The Morgan fingerprint density at radius 3 is 2.24 bits per heavy atom. The number of rotatable bonds is 9. The van der Waals surface area contributed by atoms with Crippen molar-refractivity contribution in [1.29, 1.82) is 0 Å². The second-order valence-corrected chi connectivity index (χ2v) is 12.3. The quantitative estimate of drug-likeness (QED) is 0.298. The number of ether oxygens (including phenoxy) is 2. The molecule has 0 aromatic heterocycles. The van der Waals surface area contributed by atoms with Crippen LogP contribution in [-0.4, -0.2) is 65.4 Å². The molecule has 1 N–H and O–H groups in total. The summed E-state index contributed by atoms with van der Waals surface area (Å²) in [6.07, 6.45) is 0.599. The minimum absolute atomic E-state index is 0.00273. The Balaban J connectivity index is 1.61. The van der Waals surface area contributed by atoms with Crippen LogP contribution in [0.25, 0.3) is 0 Å². The molecule has 4 saturated carbocycles. The molecule has 6 radical (unpaired) electrons. The maximum absolute atomic E-state index is 14.1. The summed E-state index contributed by atoms with van der Waals surface area (Å²) < 4.78 is 70.3. The van der Waals surface area contributed by atoms with Crippen LogP contribution in [0, 0.1) is 17.3 Å². The van der Waals surface area contributed by atoms with Crippen LogP contribution in [0.2, 0.25) is 0 Å². The summed E-state index contributed by atoms with van der Waals surface area (Å²) in [4.78, 5) is 26.7. The van der Waals surface area contributed by atoms with Gasteiger partial charge in [-0.25, -0.2) is 4.79 Å².